The minimum absolute atomic E-state index is 0.153. The van der Waals surface area contributed by atoms with Gasteiger partial charge in [0, 0.05) is 36.9 Å². The zero-order valence-electron chi connectivity index (χ0n) is 9.59. The van der Waals surface area contributed by atoms with Gasteiger partial charge in [0.15, 0.2) is 0 Å². The van der Waals surface area contributed by atoms with E-state index in [-0.39, 0.29) is 6.61 Å². The van der Waals surface area contributed by atoms with Crippen LogP contribution < -0.4 is 4.74 Å². The maximum atomic E-state index is 8.72. The van der Waals surface area contributed by atoms with Gasteiger partial charge in [-0.05, 0) is 12.5 Å². The molecule has 90 valence electrons. The first-order chi connectivity index (χ1) is 8.33. The third-order valence-electron chi connectivity index (χ3n) is 2.38. The highest BCUT2D eigenvalue weighted by molar-refractivity contribution is 5.57. The number of pyridine rings is 1. The molecule has 0 aliphatic carbocycles. The second-order valence-corrected chi connectivity index (χ2v) is 3.59. The molecule has 0 unspecified atom stereocenters. The first-order valence-corrected chi connectivity index (χ1v) is 5.40. The van der Waals surface area contributed by atoms with Gasteiger partial charge in [0.2, 0.25) is 5.88 Å². The molecular formula is C12H14N2O3. The van der Waals surface area contributed by atoms with Crippen LogP contribution in [0.15, 0.2) is 28.9 Å². The minimum Gasteiger partial charge on any atom is -0.481 e. The number of aliphatic hydroxyl groups is 1. The van der Waals surface area contributed by atoms with E-state index in [1.807, 2.05) is 12.1 Å². The zero-order chi connectivity index (χ0) is 12.1. The van der Waals surface area contributed by atoms with E-state index in [1.54, 1.807) is 19.4 Å². The van der Waals surface area contributed by atoms with Crippen LogP contribution in [0, 0.1) is 0 Å². The van der Waals surface area contributed by atoms with Gasteiger partial charge in [-0.15, -0.1) is 0 Å². The van der Waals surface area contributed by atoms with Crippen molar-refractivity contribution in [1.29, 1.82) is 0 Å². The van der Waals surface area contributed by atoms with Gasteiger partial charge in [-0.1, -0.05) is 5.16 Å². The van der Waals surface area contributed by atoms with Crippen molar-refractivity contribution >= 4 is 0 Å². The summed E-state index contributed by atoms with van der Waals surface area (Å²) >= 11 is 0. The van der Waals surface area contributed by atoms with Crippen molar-refractivity contribution in [2.45, 2.75) is 12.8 Å². The maximum Gasteiger partial charge on any atom is 0.212 e. The molecule has 0 aliphatic rings. The third-order valence-corrected chi connectivity index (χ3v) is 2.38. The summed E-state index contributed by atoms with van der Waals surface area (Å²) in [4.78, 5) is 4.10. The molecule has 0 saturated heterocycles. The zero-order valence-corrected chi connectivity index (χ0v) is 9.59. The summed E-state index contributed by atoms with van der Waals surface area (Å²) in [6.45, 7) is 0.153. The number of aliphatic hydroxyl groups excluding tert-OH is 1. The summed E-state index contributed by atoms with van der Waals surface area (Å²) < 4.78 is 10.1. The Bertz CT molecular complexity index is 465. The first kappa shape index (κ1) is 11.6. The standard InChI is InChI=1S/C12H14N2O3/c1-16-12-5-4-9(8-13-12)11-7-10(17-14-11)3-2-6-15/h4-5,7-8,15H,2-3,6H2,1H3. The molecule has 2 aromatic heterocycles. The Labute approximate surface area is 99.0 Å². The summed E-state index contributed by atoms with van der Waals surface area (Å²) in [7, 11) is 1.57. The normalized spacial score (nSPS) is 10.5. The van der Waals surface area contributed by atoms with Gasteiger partial charge in [-0.3, -0.25) is 0 Å². The molecule has 0 aliphatic heterocycles. The smallest absolute Gasteiger partial charge is 0.212 e. The van der Waals surface area contributed by atoms with Gasteiger partial charge in [0.1, 0.15) is 11.5 Å². The summed E-state index contributed by atoms with van der Waals surface area (Å²) in [6, 6.07) is 5.51. The SMILES string of the molecule is COc1ccc(-c2cc(CCCO)on2)cn1. The number of hydrogen-bond donors (Lipinski definition) is 1. The molecule has 17 heavy (non-hydrogen) atoms. The van der Waals surface area contributed by atoms with E-state index in [4.69, 9.17) is 14.4 Å². The van der Waals surface area contributed by atoms with Crippen LogP contribution in [0.1, 0.15) is 12.2 Å². The number of ether oxygens (including phenoxy) is 1. The molecule has 0 atom stereocenters. The fraction of sp³-hybridized carbons (Fsp3) is 0.333. The maximum absolute atomic E-state index is 8.72. The summed E-state index contributed by atoms with van der Waals surface area (Å²) in [5.41, 5.74) is 1.62. The number of aryl methyl sites for hydroxylation is 1. The van der Waals surface area contributed by atoms with Crippen molar-refractivity contribution in [1.82, 2.24) is 10.1 Å². The van der Waals surface area contributed by atoms with Crippen molar-refractivity contribution in [2.24, 2.45) is 0 Å². The summed E-state index contributed by atoms with van der Waals surface area (Å²) in [5.74, 6) is 1.34. The van der Waals surface area contributed by atoms with Crippen molar-refractivity contribution in [2.75, 3.05) is 13.7 Å². The molecule has 2 aromatic rings. The molecule has 5 heteroatoms. The van der Waals surface area contributed by atoms with E-state index >= 15 is 0 Å². The topological polar surface area (TPSA) is 68.4 Å². The monoisotopic (exact) mass is 234 g/mol. The largest absolute Gasteiger partial charge is 0.481 e. The van der Waals surface area contributed by atoms with Crippen LogP contribution in [0.3, 0.4) is 0 Å². The number of aromatic nitrogens is 2. The summed E-state index contributed by atoms with van der Waals surface area (Å²) in [6.07, 6.45) is 3.05. The Morgan fingerprint density at radius 3 is 2.94 bits per heavy atom. The lowest BCUT2D eigenvalue weighted by molar-refractivity contribution is 0.280. The van der Waals surface area contributed by atoms with E-state index in [0.717, 1.165) is 17.0 Å². The van der Waals surface area contributed by atoms with Gasteiger partial charge in [0.05, 0.1) is 7.11 Å². The highest BCUT2D eigenvalue weighted by atomic mass is 16.5. The molecular weight excluding hydrogens is 220 g/mol. The van der Waals surface area contributed by atoms with Crippen LogP contribution in [-0.4, -0.2) is 29.0 Å². The first-order valence-electron chi connectivity index (χ1n) is 5.40. The van der Waals surface area contributed by atoms with Crippen LogP contribution in [0.5, 0.6) is 5.88 Å². The van der Waals surface area contributed by atoms with Gasteiger partial charge in [0.25, 0.3) is 0 Å². The molecule has 0 fully saturated rings. The van der Waals surface area contributed by atoms with Crippen molar-refractivity contribution in [3.05, 3.63) is 30.2 Å². The second-order valence-electron chi connectivity index (χ2n) is 3.59. The lowest BCUT2D eigenvalue weighted by Gasteiger charge is -1.98. The Morgan fingerprint density at radius 1 is 1.41 bits per heavy atom. The average molecular weight is 234 g/mol. The third kappa shape index (κ3) is 2.82. The van der Waals surface area contributed by atoms with Crippen LogP contribution in [0.2, 0.25) is 0 Å². The van der Waals surface area contributed by atoms with Crippen LogP contribution >= 0.6 is 0 Å². The molecule has 1 N–H and O–H groups in total. The number of rotatable bonds is 5. The molecule has 0 spiro atoms. The van der Waals surface area contributed by atoms with Crippen molar-refractivity contribution in [3.63, 3.8) is 0 Å². The molecule has 2 heterocycles. The fourth-order valence-corrected chi connectivity index (χ4v) is 1.47. The van der Waals surface area contributed by atoms with Gasteiger partial charge in [-0.25, -0.2) is 4.98 Å². The minimum atomic E-state index is 0.153. The lowest BCUT2D eigenvalue weighted by Crippen LogP contribution is -1.87. The molecule has 2 rings (SSSR count). The summed E-state index contributed by atoms with van der Waals surface area (Å²) in [5, 5.41) is 12.7. The number of nitrogens with zero attached hydrogens (tertiary/aromatic N) is 2. The van der Waals surface area contributed by atoms with E-state index in [2.05, 4.69) is 10.1 Å². The highest BCUT2D eigenvalue weighted by Gasteiger charge is 2.06. The van der Waals surface area contributed by atoms with Gasteiger partial charge < -0.3 is 14.4 Å². The van der Waals surface area contributed by atoms with E-state index in [1.165, 1.54) is 0 Å². The Morgan fingerprint density at radius 2 is 2.29 bits per heavy atom. The molecule has 0 saturated carbocycles. The molecule has 0 amide bonds. The van der Waals surface area contributed by atoms with E-state index < -0.39 is 0 Å². The van der Waals surface area contributed by atoms with Crippen molar-refractivity contribution < 1.29 is 14.4 Å². The van der Waals surface area contributed by atoms with Crippen LogP contribution in [0.25, 0.3) is 11.3 Å². The average Bonchev–Trinajstić information content (AvgIpc) is 2.85. The van der Waals surface area contributed by atoms with E-state index in [0.29, 0.717) is 18.7 Å². The lowest BCUT2D eigenvalue weighted by atomic mass is 10.2. The Hall–Kier alpha value is -1.88. The van der Waals surface area contributed by atoms with Gasteiger partial charge >= 0.3 is 0 Å². The highest BCUT2D eigenvalue weighted by Crippen LogP contribution is 2.20. The molecule has 0 bridgehead atoms. The fourth-order valence-electron chi connectivity index (χ4n) is 1.47. The predicted molar refractivity (Wildman–Crippen MR) is 61.7 cm³/mol. The second kappa shape index (κ2) is 5.45. The van der Waals surface area contributed by atoms with Crippen LogP contribution in [-0.2, 0) is 6.42 Å². The van der Waals surface area contributed by atoms with Crippen molar-refractivity contribution in [3.8, 4) is 17.1 Å². The molecule has 5 nitrogen and oxygen atoms in total. The molecule has 0 aromatic carbocycles. The molecule has 0 radical (unpaired) electrons. The van der Waals surface area contributed by atoms with Gasteiger partial charge in [-0.2, -0.15) is 0 Å². The number of hydrogen-bond acceptors (Lipinski definition) is 5. The van der Waals surface area contributed by atoms with E-state index in [9.17, 15) is 0 Å². The van der Waals surface area contributed by atoms with Crippen LogP contribution in [0.4, 0.5) is 0 Å². The Balaban J connectivity index is 2.12. The predicted octanol–water partition coefficient (Wildman–Crippen LogP) is 1.67. The Kier molecular flexibility index (Phi) is 3.72. The quantitative estimate of drug-likeness (QED) is 0.852. The number of methoxy groups -OCH3 is 1.